The molecule has 27 heavy (non-hydrogen) atoms. The largest absolute Gasteiger partial charge is 0.497 e. The van der Waals surface area contributed by atoms with Gasteiger partial charge in [-0.3, -0.25) is 4.79 Å². The van der Waals surface area contributed by atoms with Crippen LogP contribution in [0.15, 0.2) is 53.1 Å². The molecule has 2 aromatic carbocycles. The van der Waals surface area contributed by atoms with Crippen molar-refractivity contribution in [2.45, 2.75) is 26.5 Å². The zero-order chi connectivity index (χ0) is 19.2. The maximum absolute atomic E-state index is 12.2. The van der Waals surface area contributed by atoms with Crippen LogP contribution in [0.25, 0.3) is 11.4 Å². The van der Waals surface area contributed by atoms with Gasteiger partial charge < -0.3 is 19.3 Å². The van der Waals surface area contributed by atoms with Crippen LogP contribution < -0.4 is 14.8 Å². The van der Waals surface area contributed by atoms with Crippen molar-refractivity contribution in [2.75, 3.05) is 7.11 Å². The fraction of sp³-hybridized carbons (Fsp3) is 0.250. The lowest BCUT2D eigenvalue weighted by molar-refractivity contribution is -0.127. The number of hydrogen-bond acceptors (Lipinski definition) is 6. The molecule has 140 valence electrons. The number of nitrogens with one attached hydrogen (secondary N) is 1. The van der Waals surface area contributed by atoms with Gasteiger partial charge >= 0.3 is 0 Å². The SMILES string of the molecule is COc1ccc(-c2noc(CNC(=O)[C@H](C)Oc3ccccc3C)n2)cc1. The fourth-order valence-corrected chi connectivity index (χ4v) is 2.42. The summed E-state index contributed by atoms with van der Waals surface area (Å²) in [6.45, 7) is 3.75. The van der Waals surface area contributed by atoms with Crippen LogP contribution in [0.1, 0.15) is 18.4 Å². The molecule has 0 aliphatic carbocycles. The van der Waals surface area contributed by atoms with Crippen LogP contribution in [0, 0.1) is 6.92 Å². The number of nitrogens with zero attached hydrogens (tertiary/aromatic N) is 2. The summed E-state index contributed by atoms with van der Waals surface area (Å²) in [6, 6.07) is 14.9. The summed E-state index contributed by atoms with van der Waals surface area (Å²) in [7, 11) is 1.61. The molecule has 0 bridgehead atoms. The third kappa shape index (κ3) is 4.63. The van der Waals surface area contributed by atoms with E-state index in [0.717, 1.165) is 16.9 Å². The molecule has 3 aromatic rings. The van der Waals surface area contributed by atoms with Gasteiger partial charge in [0.15, 0.2) is 6.10 Å². The predicted octanol–water partition coefficient (Wildman–Crippen LogP) is 3.14. The average molecular weight is 367 g/mol. The third-order valence-electron chi connectivity index (χ3n) is 4.00. The van der Waals surface area contributed by atoms with Crippen molar-refractivity contribution in [2.24, 2.45) is 0 Å². The minimum Gasteiger partial charge on any atom is -0.497 e. The first-order valence-corrected chi connectivity index (χ1v) is 8.54. The topological polar surface area (TPSA) is 86.5 Å². The van der Waals surface area contributed by atoms with E-state index in [1.165, 1.54) is 0 Å². The second-order valence-electron chi connectivity index (χ2n) is 5.98. The molecule has 1 N–H and O–H groups in total. The van der Waals surface area contributed by atoms with Crippen LogP contribution in [0.5, 0.6) is 11.5 Å². The summed E-state index contributed by atoms with van der Waals surface area (Å²) in [5.74, 6) is 1.93. The molecule has 1 aromatic heterocycles. The molecule has 0 fully saturated rings. The normalized spacial score (nSPS) is 11.7. The van der Waals surface area contributed by atoms with Crippen LogP contribution in [-0.2, 0) is 11.3 Å². The number of amides is 1. The lowest BCUT2D eigenvalue weighted by Crippen LogP contribution is -2.36. The van der Waals surface area contributed by atoms with Gasteiger partial charge in [0.1, 0.15) is 11.5 Å². The zero-order valence-corrected chi connectivity index (χ0v) is 15.4. The van der Waals surface area contributed by atoms with Crippen molar-refractivity contribution < 1.29 is 18.8 Å². The van der Waals surface area contributed by atoms with Gasteiger partial charge in [-0.25, -0.2) is 0 Å². The van der Waals surface area contributed by atoms with E-state index in [9.17, 15) is 4.79 Å². The zero-order valence-electron chi connectivity index (χ0n) is 15.4. The maximum atomic E-state index is 12.2. The van der Waals surface area contributed by atoms with Crippen LogP contribution in [0.4, 0.5) is 0 Å². The second kappa shape index (κ2) is 8.35. The molecular formula is C20H21N3O4. The lowest BCUT2D eigenvalue weighted by atomic mass is 10.2. The van der Waals surface area contributed by atoms with E-state index in [1.54, 1.807) is 14.0 Å². The molecular weight excluding hydrogens is 346 g/mol. The van der Waals surface area contributed by atoms with Crippen molar-refractivity contribution >= 4 is 5.91 Å². The number of carbonyl (C=O) groups is 1. The first kappa shape index (κ1) is 18.4. The molecule has 7 nitrogen and oxygen atoms in total. The Kier molecular flexibility index (Phi) is 5.71. The number of hydrogen-bond donors (Lipinski definition) is 1. The third-order valence-corrected chi connectivity index (χ3v) is 4.00. The Labute approximate surface area is 157 Å². The molecule has 7 heteroatoms. The summed E-state index contributed by atoms with van der Waals surface area (Å²) in [4.78, 5) is 16.5. The standard InChI is InChI=1S/C20H21N3O4/c1-13-6-4-5-7-17(13)26-14(2)20(24)21-12-18-22-19(23-27-18)15-8-10-16(25-3)11-9-15/h4-11,14H,12H2,1-3H3,(H,21,24)/t14-/m0/s1. The molecule has 1 atom stereocenters. The molecule has 3 rings (SSSR count). The van der Waals surface area contributed by atoms with Crippen molar-refractivity contribution in [3.8, 4) is 22.9 Å². The Bertz CT molecular complexity index is 906. The molecule has 0 saturated carbocycles. The highest BCUT2D eigenvalue weighted by atomic mass is 16.5. The molecule has 0 aliphatic heterocycles. The number of rotatable bonds is 7. The summed E-state index contributed by atoms with van der Waals surface area (Å²) in [6.07, 6.45) is -0.643. The highest BCUT2D eigenvalue weighted by Crippen LogP contribution is 2.20. The Morgan fingerprint density at radius 2 is 1.93 bits per heavy atom. The molecule has 1 heterocycles. The van der Waals surface area contributed by atoms with Gasteiger partial charge in [0.05, 0.1) is 13.7 Å². The van der Waals surface area contributed by atoms with Gasteiger partial charge in [-0.05, 0) is 49.7 Å². The van der Waals surface area contributed by atoms with Crippen LogP contribution in [-0.4, -0.2) is 29.3 Å². The average Bonchev–Trinajstić information content (AvgIpc) is 3.17. The van der Waals surface area contributed by atoms with Crippen molar-refractivity contribution in [3.05, 3.63) is 60.0 Å². The Morgan fingerprint density at radius 1 is 1.19 bits per heavy atom. The number of benzene rings is 2. The van der Waals surface area contributed by atoms with E-state index in [0.29, 0.717) is 17.5 Å². The van der Waals surface area contributed by atoms with Gasteiger partial charge in [-0.1, -0.05) is 23.4 Å². The Hall–Kier alpha value is -3.35. The number of aromatic nitrogens is 2. The molecule has 0 spiro atoms. The number of methoxy groups -OCH3 is 1. The van der Waals surface area contributed by atoms with Gasteiger partial charge in [0, 0.05) is 5.56 Å². The predicted molar refractivity (Wildman–Crippen MR) is 99.4 cm³/mol. The van der Waals surface area contributed by atoms with Gasteiger partial charge in [-0.15, -0.1) is 0 Å². The molecule has 0 radical (unpaired) electrons. The molecule has 0 aliphatic rings. The van der Waals surface area contributed by atoms with Gasteiger partial charge in [0.25, 0.3) is 5.91 Å². The molecule has 0 saturated heterocycles. The van der Waals surface area contributed by atoms with Crippen molar-refractivity contribution in [3.63, 3.8) is 0 Å². The van der Waals surface area contributed by atoms with E-state index in [4.69, 9.17) is 14.0 Å². The second-order valence-corrected chi connectivity index (χ2v) is 5.98. The highest BCUT2D eigenvalue weighted by molar-refractivity contribution is 5.80. The lowest BCUT2D eigenvalue weighted by Gasteiger charge is -2.15. The minimum atomic E-state index is -0.643. The van der Waals surface area contributed by atoms with E-state index in [2.05, 4.69) is 15.5 Å². The smallest absolute Gasteiger partial charge is 0.261 e. The Morgan fingerprint density at radius 3 is 2.63 bits per heavy atom. The van der Waals surface area contributed by atoms with E-state index < -0.39 is 6.10 Å². The van der Waals surface area contributed by atoms with Crippen LogP contribution in [0.2, 0.25) is 0 Å². The minimum absolute atomic E-state index is 0.128. The monoisotopic (exact) mass is 367 g/mol. The van der Waals surface area contributed by atoms with Crippen molar-refractivity contribution in [1.29, 1.82) is 0 Å². The number of carbonyl (C=O) groups excluding carboxylic acids is 1. The number of para-hydroxylation sites is 1. The first-order valence-electron chi connectivity index (χ1n) is 8.54. The molecule has 0 unspecified atom stereocenters. The van der Waals surface area contributed by atoms with E-state index in [1.807, 2.05) is 55.5 Å². The van der Waals surface area contributed by atoms with E-state index >= 15 is 0 Å². The summed E-state index contributed by atoms with van der Waals surface area (Å²) >= 11 is 0. The quantitative estimate of drug-likeness (QED) is 0.690. The highest BCUT2D eigenvalue weighted by Gasteiger charge is 2.17. The first-order chi connectivity index (χ1) is 13.1. The van der Waals surface area contributed by atoms with E-state index in [-0.39, 0.29) is 12.5 Å². The summed E-state index contributed by atoms with van der Waals surface area (Å²) < 4.78 is 16.0. The van der Waals surface area contributed by atoms with Crippen LogP contribution in [0.3, 0.4) is 0 Å². The Balaban J connectivity index is 1.56. The van der Waals surface area contributed by atoms with Gasteiger partial charge in [-0.2, -0.15) is 4.98 Å². The number of ether oxygens (including phenoxy) is 2. The van der Waals surface area contributed by atoms with Crippen LogP contribution >= 0.6 is 0 Å². The maximum Gasteiger partial charge on any atom is 0.261 e. The summed E-state index contributed by atoms with van der Waals surface area (Å²) in [5.41, 5.74) is 1.77. The van der Waals surface area contributed by atoms with Gasteiger partial charge in [0.2, 0.25) is 11.7 Å². The molecule has 1 amide bonds. The summed E-state index contributed by atoms with van der Waals surface area (Å²) in [5, 5.41) is 6.68. The fourth-order valence-electron chi connectivity index (χ4n) is 2.42. The van der Waals surface area contributed by atoms with Crippen molar-refractivity contribution in [1.82, 2.24) is 15.5 Å². The number of aryl methyl sites for hydroxylation is 1.